The summed E-state index contributed by atoms with van der Waals surface area (Å²) in [6.07, 6.45) is 2.16. The molecule has 0 aliphatic heterocycles. The van der Waals surface area contributed by atoms with Gasteiger partial charge in [-0.1, -0.05) is 56.6 Å². The van der Waals surface area contributed by atoms with Gasteiger partial charge in [0.05, 0.1) is 6.61 Å². The maximum absolute atomic E-state index is 13.1. The third kappa shape index (κ3) is 7.99. The van der Waals surface area contributed by atoms with Crippen LogP contribution in [0.25, 0.3) is 0 Å². The minimum Gasteiger partial charge on any atom is -0.507 e. The number of para-hydroxylation sites is 1. The summed E-state index contributed by atoms with van der Waals surface area (Å²) in [7, 11) is 0. The highest BCUT2D eigenvalue weighted by molar-refractivity contribution is 6.30. The lowest BCUT2D eigenvalue weighted by Gasteiger charge is -2.32. The average molecular weight is 502 g/mol. The summed E-state index contributed by atoms with van der Waals surface area (Å²) in [5.74, 6) is -2.95. The van der Waals surface area contributed by atoms with Gasteiger partial charge in [-0.15, -0.1) is 0 Å². The van der Waals surface area contributed by atoms with E-state index < -0.39 is 17.9 Å². The molecule has 0 saturated carbocycles. The predicted octanol–water partition coefficient (Wildman–Crippen LogP) is 5.02. The van der Waals surface area contributed by atoms with Gasteiger partial charge in [-0.25, -0.2) is 19.3 Å². The predicted molar refractivity (Wildman–Crippen MR) is 128 cm³/mol. The molecule has 3 aromatic rings. The van der Waals surface area contributed by atoms with Crippen LogP contribution in [0.2, 0.25) is 5.02 Å². The number of hydrogen-bond acceptors (Lipinski definition) is 8. The Morgan fingerprint density at radius 1 is 1.06 bits per heavy atom. The van der Waals surface area contributed by atoms with E-state index in [1.165, 1.54) is 29.5 Å². The Morgan fingerprint density at radius 2 is 1.77 bits per heavy atom. The molecular weight excluding hydrogens is 474 g/mol. The lowest BCUT2D eigenvalue weighted by molar-refractivity contribution is -0.194. The van der Waals surface area contributed by atoms with E-state index in [0.29, 0.717) is 11.4 Å². The molecule has 1 atom stereocenters. The Bertz CT molecular complexity index is 1130. The molecule has 0 saturated heterocycles. The van der Waals surface area contributed by atoms with Crippen molar-refractivity contribution in [1.82, 2.24) is 14.8 Å². The van der Waals surface area contributed by atoms with E-state index in [1.807, 2.05) is 32.9 Å². The molecule has 1 heterocycles. The molecule has 0 fully saturated rings. The van der Waals surface area contributed by atoms with Gasteiger partial charge in [0, 0.05) is 11.4 Å². The first-order valence-corrected chi connectivity index (χ1v) is 11.4. The van der Waals surface area contributed by atoms with Crippen LogP contribution in [0.5, 0.6) is 5.75 Å². The van der Waals surface area contributed by atoms with Crippen LogP contribution in [0.1, 0.15) is 43.1 Å². The van der Waals surface area contributed by atoms with E-state index in [2.05, 4.69) is 10.1 Å². The number of phenols is 1. The number of phenolic OH excluding ortho intramolecular Hbond substituents is 1. The summed E-state index contributed by atoms with van der Waals surface area (Å²) in [6.45, 7) is 5.66. The summed E-state index contributed by atoms with van der Waals surface area (Å²) in [5, 5.41) is 14.8. The largest absolute Gasteiger partial charge is 0.511 e. The number of hydrogen-bond donors (Lipinski definition) is 1. The Labute approximate surface area is 208 Å². The summed E-state index contributed by atoms with van der Waals surface area (Å²) in [6, 6.07) is 13.1. The highest BCUT2D eigenvalue weighted by Gasteiger charge is 2.41. The summed E-state index contributed by atoms with van der Waals surface area (Å²) < 4.78 is 18.2. The van der Waals surface area contributed by atoms with Crippen molar-refractivity contribution in [3.05, 3.63) is 77.3 Å². The second-order valence-electron chi connectivity index (χ2n) is 9.24. The highest BCUT2D eigenvalue weighted by Crippen LogP contribution is 2.28. The van der Waals surface area contributed by atoms with Gasteiger partial charge in [0.25, 0.3) is 5.79 Å². The number of nitrogens with zero attached hydrogens (tertiary/aromatic N) is 3. The zero-order valence-corrected chi connectivity index (χ0v) is 20.6. The van der Waals surface area contributed by atoms with Crippen molar-refractivity contribution < 1.29 is 28.9 Å². The van der Waals surface area contributed by atoms with Gasteiger partial charge in [-0.3, -0.25) is 0 Å². The molecule has 2 aromatic carbocycles. The molecule has 10 heteroatoms. The Morgan fingerprint density at radius 3 is 2.40 bits per heavy atom. The van der Waals surface area contributed by atoms with Crippen LogP contribution in [0, 0.1) is 5.41 Å². The van der Waals surface area contributed by atoms with Crippen molar-refractivity contribution in [2.75, 3.05) is 6.61 Å². The maximum atomic E-state index is 13.1. The Hall–Kier alpha value is -3.59. The third-order valence-electron chi connectivity index (χ3n) is 4.87. The van der Waals surface area contributed by atoms with Crippen LogP contribution >= 0.6 is 11.6 Å². The first kappa shape index (κ1) is 26.0. The summed E-state index contributed by atoms with van der Waals surface area (Å²) >= 11 is 5.99. The van der Waals surface area contributed by atoms with Crippen molar-refractivity contribution in [3.63, 3.8) is 0 Å². The molecule has 0 bridgehead atoms. The van der Waals surface area contributed by atoms with Crippen LogP contribution in [0.4, 0.5) is 4.79 Å². The number of esters is 1. The van der Waals surface area contributed by atoms with E-state index in [4.69, 9.17) is 25.8 Å². The van der Waals surface area contributed by atoms with E-state index in [0.717, 1.165) is 5.56 Å². The lowest BCUT2D eigenvalue weighted by Crippen LogP contribution is -2.45. The van der Waals surface area contributed by atoms with Crippen LogP contribution in [-0.4, -0.2) is 44.4 Å². The zero-order chi connectivity index (χ0) is 25.5. The molecule has 0 radical (unpaired) electrons. The van der Waals surface area contributed by atoms with E-state index in [1.54, 1.807) is 24.3 Å². The normalized spacial score (nSPS) is 13.0. The van der Waals surface area contributed by atoms with E-state index in [9.17, 15) is 14.7 Å². The third-order valence-corrected chi connectivity index (χ3v) is 5.12. The quantitative estimate of drug-likeness (QED) is 0.321. The fraction of sp³-hybridized carbons (Fsp3) is 0.360. The van der Waals surface area contributed by atoms with Crippen LogP contribution in [-0.2, 0) is 27.2 Å². The highest BCUT2D eigenvalue weighted by atomic mass is 35.5. The molecule has 0 aliphatic rings. The second-order valence-corrected chi connectivity index (χ2v) is 9.67. The molecule has 1 unspecified atom stereocenters. The maximum Gasteiger partial charge on any atom is 0.511 e. The number of ether oxygens (including phenoxy) is 3. The van der Waals surface area contributed by atoms with Gasteiger partial charge in [-0.05, 0) is 41.7 Å². The number of halogens is 1. The summed E-state index contributed by atoms with van der Waals surface area (Å²) in [5.41, 5.74) is 0.500. The number of aryl methyl sites for hydroxylation is 1. The van der Waals surface area contributed by atoms with Gasteiger partial charge in [0.2, 0.25) is 0 Å². The molecular formula is C25H28ClN3O6. The Balaban J connectivity index is 1.93. The van der Waals surface area contributed by atoms with E-state index >= 15 is 0 Å². The van der Waals surface area contributed by atoms with Crippen molar-refractivity contribution in [3.8, 4) is 5.75 Å². The number of rotatable bonds is 9. The zero-order valence-electron chi connectivity index (χ0n) is 19.8. The molecule has 1 aromatic heterocycles. The molecule has 3 rings (SSSR count). The molecule has 35 heavy (non-hydrogen) atoms. The number of carbonyl (C=O) groups is 2. The average Bonchev–Trinajstić information content (AvgIpc) is 3.30. The van der Waals surface area contributed by atoms with Crippen LogP contribution < -0.4 is 0 Å². The standard InChI is InChI=1S/C25H28ClN3O6/c1-24(2,3)15-33-23(32)35-25(14-29-17-27-16-28-29,13-12-18-8-10-19(26)11-9-18)34-22(31)20-6-4-5-7-21(20)30/h4-11,16-17,30H,12-15H2,1-3H3. The fourth-order valence-electron chi connectivity index (χ4n) is 3.14. The number of aromatic hydroxyl groups is 1. The van der Waals surface area contributed by atoms with Crippen LogP contribution in [0.3, 0.4) is 0 Å². The van der Waals surface area contributed by atoms with Crippen molar-refractivity contribution in [1.29, 1.82) is 0 Å². The molecule has 9 nitrogen and oxygen atoms in total. The van der Waals surface area contributed by atoms with Crippen LogP contribution in [0.15, 0.2) is 61.2 Å². The second kappa shape index (κ2) is 11.2. The first-order valence-electron chi connectivity index (χ1n) is 11.0. The number of aromatic nitrogens is 3. The first-order chi connectivity index (χ1) is 16.6. The molecule has 0 amide bonds. The van der Waals surface area contributed by atoms with Gasteiger partial charge in [0.1, 0.15) is 30.5 Å². The monoisotopic (exact) mass is 501 g/mol. The molecule has 1 N–H and O–H groups in total. The minimum absolute atomic E-state index is 0.0679. The van der Waals surface area contributed by atoms with Gasteiger partial charge in [-0.2, -0.15) is 5.10 Å². The minimum atomic E-state index is -1.82. The van der Waals surface area contributed by atoms with Crippen molar-refractivity contribution in [2.24, 2.45) is 5.41 Å². The number of benzene rings is 2. The van der Waals surface area contributed by atoms with Crippen molar-refractivity contribution in [2.45, 2.75) is 45.9 Å². The topological polar surface area (TPSA) is 113 Å². The number of carbonyl (C=O) groups excluding carboxylic acids is 2. The fourth-order valence-corrected chi connectivity index (χ4v) is 3.27. The van der Waals surface area contributed by atoms with Gasteiger partial charge < -0.3 is 19.3 Å². The SMILES string of the molecule is CC(C)(C)COC(=O)OC(CCc1ccc(Cl)cc1)(Cn1cncn1)OC(=O)c1ccccc1O. The van der Waals surface area contributed by atoms with Gasteiger partial charge in [0.15, 0.2) is 0 Å². The summed E-state index contributed by atoms with van der Waals surface area (Å²) in [4.78, 5) is 29.7. The Kier molecular flexibility index (Phi) is 8.34. The van der Waals surface area contributed by atoms with E-state index in [-0.39, 0.29) is 36.3 Å². The molecule has 0 spiro atoms. The van der Waals surface area contributed by atoms with Crippen molar-refractivity contribution >= 4 is 23.7 Å². The smallest absolute Gasteiger partial charge is 0.507 e. The molecule has 186 valence electrons. The lowest BCUT2D eigenvalue weighted by atomic mass is 9.99. The molecule has 0 aliphatic carbocycles. The van der Waals surface area contributed by atoms with Gasteiger partial charge >= 0.3 is 12.1 Å².